The van der Waals surface area contributed by atoms with E-state index in [1.54, 1.807) is 0 Å². The number of hydrogen-bond donors (Lipinski definition) is 0. The molecule has 84 valence electrons. The maximum Gasteiger partial charge on any atom is 0.330 e. The Bertz CT molecular complexity index is 495. The number of carbonyl (C=O) groups excluding carboxylic acids is 1. The van der Waals surface area contributed by atoms with Crippen LogP contribution >= 0.6 is 0 Å². The smallest absolute Gasteiger partial charge is 0.330 e. The van der Waals surface area contributed by atoms with Gasteiger partial charge in [0.15, 0.2) is 0 Å². The Kier molecular flexibility index (Phi) is 2.69. The van der Waals surface area contributed by atoms with E-state index in [9.17, 15) is 4.79 Å². The molecule has 0 amide bonds. The minimum Gasteiger partial charge on any atom is -0.457 e. The minimum absolute atomic E-state index is 0.194. The van der Waals surface area contributed by atoms with Crippen LogP contribution in [0.5, 0.6) is 0 Å². The summed E-state index contributed by atoms with van der Waals surface area (Å²) in [5.74, 6) is -0.212. The maximum atomic E-state index is 11.2. The van der Waals surface area contributed by atoms with Gasteiger partial charge in [-0.25, -0.2) is 4.79 Å². The molecule has 2 bridgehead atoms. The highest BCUT2D eigenvalue weighted by Gasteiger charge is 2.24. The third-order valence-corrected chi connectivity index (χ3v) is 2.53. The summed E-state index contributed by atoms with van der Waals surface area (Å²) in [6.45, 7) is 7.40. The average molecular weight is 218 g/mol. The molecular weight excluding hydrogens is 204 g/mol. The summed E-state index contributed by atoms with van der Waals surface area (Å²) in [5, 5.41) is 0. The molecule has 0 fully saturated rings. The monoisotopic (exact) mass is 218 g/mol. The number of rotatable bonds is 4. The second-order valence-electron chi connectivity index (χ2n) is 4.11. The Morgan fingerprint density at radius 3 is 2.69 bits per heavy atom. The van der Waals surface area contributed by atoms with E-state index < -0.39 is 5.97 Å². The van der Waals surface area contributed by atoms with Gasteiger partial charge in [0.2, 0.25) is 0 Å². The third-order valence-electron chi connectivity index (χ3n) is 2.53. The zero-order chi connectivity index (χ0) is 11.7. The standard InChI is InChI=1S/C13H14O3/c1-4-12(14)16-13(8(2)3)10-7-9-5-6-11(10)15-9/h4-8,13H,1H2,2-3H3. The van der Waals surface area contributed by atoms with Gasteiger partial charge in [0.1, 0.15) is 17.3 Å². The summed E-state index contributed by atoms with van der Waals surface area (Å²) in [5.41, 5.74) is 2.53. The molecule has 2 heterocycles. The van der Waals surface area contributed by atoms with Crippen LogP contribution in [0.2, 0.25) is 0 Å². The van der Waals surface area contributed by atoms with Gasteiger partial charge in [0.25, 0.3) is 0 Å². The lowest BCUT2D eigenvalue weighted by molar-refractivity contribution is -0.145. The lowest BCUT2D eigenvalue weighted by Gasteiger charge is -2.19. The van der Waals surface area contributed by atoms with E-state index in [2.05, 4.69) is 6.58 Å². The molecule has 2 aromatic heterocycles. The highest BCUT2D eigenvalue weighted by Crippen LogP contribution is 2.34. The highest BCUT2D eigenvalue weighted by molar-refractivity contribution is 5.81. The van der Waals surface area contributed by atoms with Crippen molar-refractivity contribution in [1.82, 2.24) is 0 Å². The van der Waals surface area contributed by atoms with Crippen molar-refractivity contribution in [2.45, 2.75) is 20.0 Å². The van der Waals surface area contributed by atoms with E-state index in [0.717, 1.165) is 16.7 Å². The van der Waals surface area contributed by atoms with Crippen molar-refractivity contribution in [2.75, 3.05) is 0 Å². The third kappa shape index (κ3) is 1.81. The van der Waals surface area contributed by atoms with Crippen LogP contribution in [-0.4, -0.2) is 5.97 Å². The van der Waals surface area contributed by atoms with Crippen molar-refractivity contribution in [1.29, 1.82) is 0 Å². The average Bonchev–Trinajstić information content (AvgIpc) is 2.86. The van der Waals surface area contributed by atoms with Gasteiger partial charge in [-0.3, -0.25) is 0 Å². The summed E-state index contributed by atoms with van der Waals surface area (Å²) < 4.78 is 10.8. The zero-order valence-corrected chi connectivity index (χ0v) is 9.40. The Labute approximate surface area is 94.0 Å². The first-order valence-corrected chi connectivity index (χ1v) is 5.26. The topological polar surface area (TPSA) is 39.4 Å². The molecule has 0 radical (unpaired) electrons. The van der Waals surface area contributed by atoms with Gasteiger partial charge in [-0.15, -0.1) is 0 Å². The summed E-state index contributed by atoms with van der Waals surface area (Å²) in [7, 11) is 0. The molecule has 16 heavy (non-hydrogen) atoms. The summed E-state index contributed by atoms with van der Waals surface area (Å²) in [6, 6.07) is 5.70. The Hall–Kier alpha value is -1.77. The van der Waals surface area contributed by atoms with Crippen molar-refractivity contribution in [3.8, 4) is 0 Å². The lowest BCUT2D eigenvalue weighted by Crippen LogP contribution is -2.14. The van der Waals surface area contributed by atoms with Gasteiger partial charge < -0.3 is 9.15 Å². The molecule has 0 aliphatic rings. The molecule has 2 rings (SSSR count). The number of esters is 1. The predicted octanol–water partition coefficient (Wildman–Crippen LogP) is 3.30. The SMILES string of the molecule is C=CC(=O)OC(c1cc2ccc1o2)C(C)C. The van der Waals surface area contributed by atoms with Crippen LogP contribution in [0.1, 0.15) is 25.5 Å². The van der Waals surface area contributed by atoms with Crippen molar-refractivity contribution >= 4 is 17.1 Å². The van der Waals surface area contributed by atoms with Crippen LogP contribution < -0.4 is 0 Å². The largest absolute Gasteiger partial charge is 0.457 e. The molecule has 2 aromatic rings. The van der Waals surface area contributed by atoms with Crippen LogP contribution in [-0.2, 0) is 9.53 Å². The summed E-state index contributed by atoms with van der Waals surface area (Å²) in [6.07, 6.45) is 0.903. The quantitative estimate of drug-likeness (QED) is 0.584. The number of carbonyl (C=O) groups is 1. The van der Waals surface area contributed by atoms with Gasteiger partial charge in [-0.1, -0.05) is 20.4 Å². The molecule has 3 heteroatoms. The maximum absolute atomic E-state index is 11.2. The molecule has 0 spiro atoms. The van der Waals surface area contributed by atoms with Gasteiger partial charge in [0.05, 0.1) is 0 Å². The first-order valence-electron chi connectivity index (χ1n) is 5.26. The van der Waals surface area contributed by atoms with Crippen LogP contribution in [0.15, 0.2) is 35.3 Å². The van der Waals surface area contributed by atoms with Gasteiger partial charge in [-0.2, -0.15) is 0 Å². The van der Waals surface area contributed by atoms with Crippen LogP contribution in [0, 0.1) is 5.92 Å². The number of fused-ring (bicyclic) bond motifs is 2. The molecule has 0 N–H and O–H groups in total. The lowest BCUT2D eigenvalue weighted by atomic mass is 9.99. The molecule has 0 aliphatic carbocycles. The number of furan rings is 2. The van der Waals surface area contributed by atoms with Gasteiger partial charge in [-0.05, 0) is 24.1 Å². The molecule has 0 saturated heterocycles. The van der Waals surface area contributed by atoms with E-state index in [0.29, 0.717) is 0 Å². The summed E-state index contributed by atoms with van der Waals surface area (Å²) >= 11 is 0. The number of benzene rings is 1. The number of ether oxygens (including phenoxy) is 1. The van der Waals surface area contributed by atoms with Gasteiger partial charge >= 0.3 is 5.97 Å². The summed E-state index contributed by atoms with van der Waals surface area (Å²) in [4.78, 5) is 11.2. The molecule has 0 aromatic carbocycles. The van der Waals surface area contributed by atoms with Crippen molar-refractivity contribution in [3.05, 3.63) is 36.4 Å². The fourth-order valence-corrected chi connectivity index (χ4v) is 1.76. The van der Waals surface area contributed by atoms with E-state index >= 15 is 0 Å². The molecule has 0 saturated carbocycles. The molecule has 1 atom stereocenters. The fraction of sp³-hybridized carbons (Fsp3) is 0.308. The van der Waals surface area contributed by atoms with E-state index in [4.69, 9.17) is 9.15 Å². The Morgan fingerprint density at radius 2 is 2.25 bits per heavy atom. The van der Waals surface area contributed by atoms with E-state index in [1.807, 2.05) is 32.0 Å². The zero-order valence-electron chi connectivity index (χ0n) is 9.40. The van der Waals surface area contributed by atoms with E-state index in [-0.39, 0.29) is 12.0 Å². The van der Waals surface area contributed by atoms with Gasteiger partial charge in [0, 0.05) is 11.6 Å². The second kappa shape index (κ2) is 4.00. The fourth-order valence-electron chi connectivity index (χ4n) is 1.76. The normalized spacial score (nSPS) is 13.2. The van der Waals surface area contributed by atoms with Crippen LogP contribution in [0.3, 0.4) is 0 Å². The molecule has 0 aliphatic heterocycles. The molecule has 3 nitrogen and oxygen atoms in total. The predicted molar refractivity (Wildman–Crippen MR) is 61.3 cm³/mol. The van der Waals surface area contributed by atoms with Crippen molar-refractivity contribution in [2.24, 2.45) is 5.92 Å². The van der Waals surface area contributed by atoms with Crippen LogP contribution in [0.25, 0.3) is 11.2 Å². The molecule has 1 unspecified atom stereocenters. The first kappa shape index (κ1) is 10.7. The van der Waals surface area contributed by atoms with Crippen molar-refractivity contribution < 1.29 is 13.9 Å². The number of hydrogen-bond acceptors (Lipinski definition) is 3. The Morgan fingerprint density at radius 1 is 1.50 bits per heavy atom. The Balaban J connectivity index is 2.28. The minimum atomic E-state index is -0.406. The van der Waals surface area contributed by atoms with Crippen molar-refractivity contribution in [3.63, 3.8) is 0 Å². The molecular formula is C13H14O3. The van der Waals surface area contributed by atoms with Crippen LogP contribution in [0.4, 0.5) is 0 Å². The highest BCUT2D eigenvalue weighted by atomic mass is 16.5. The van der Waals surface area contributed by atoms with E-state index in [1.165, 1.54) is 6.08 Å². The first-order chi connectivity index (χ1) is 7.61. The second-order valence-corrected chi connectivity index (χ2v) is 4.11.